The molecule has 3 aromatic rings. The average Bonchev–Trinajstić information content (AvgIpc) is 3.07. The van der Waals surface area contributed by atoms with Crippen molar-refractivity contribution in [3.8, 4) is 11.4 Å². The number of thioether (sulfide) groups is 1. The summed E-state index contributed by atoms with van der Waals surface area (Å²) in [5.41, 5.74) is 0.913. The molecule has 1 aromatic heterocycles. The van der Waals surface area contributed by atoms with Crippen LogP contribution >= 0.6 is 11.8 Å². The van der Waals surface area contributed by atoms with Gasteiger partial charge in [0.15, 0.2) is 16.7 Å². The molecule has 0 fully saturated rings. The van der Waals surface area contributed by atoms with Crippen LogP contribution in [0.4, 0.5) is 5.82 Å². The Morgan fingerprint density at radius 3 is 2.33 bits per heavy atom. The number of nitrogens with zero attached hydrogens (tertiary/aromatic N) is 2. The average molecular weight is 383 g/mol. The van der Waals surface area contributed by atoms with Gasteiger partial charge < -0.3 is 15.2 Å². The molecule has 0 aliphatic carbocycles. The molecule has 0 aliphatic rings. The van der Waals surface area contributed by atoms with Gasteiger partial charge in [0.05, 0.1) is 7.11 Å². The van der Waals surface area contributed by atoms with E-state index in [0.717, 1.165) is 0 Å². The maximum atomic E-state index is 12.5. The maximum Gasteiger partial charge on any atom is 0.356 e. The number of carboxylic acid groups (broad SMARTS) is 1. The molecule has 138 valence electrons. The Kier molecular flexibility index (Phi) is 5.46. The summed E-state index contributed by atoms with van der Waals surface area (Å²) in [5.74, 6) is -1.02. The topological polar surface area (TPSA) is 93.5 Å². The van der Waals surface area contributed by atoms with E-state index in [1.807, 2.05) is 6.07 Å². The van der Waals surface area contributed by atoms with Crippen LogP contribution in [0.15, 0.2) is 59.8 Å². The standard InChI is InChI=1S/C19H17N3O4S/c1-26-14-10-8-12(9-11-14)17(23)20-16-15(18(24)25)22(19(21-16)27-2)13-6-4-3-5-7-13/h3-11H,1-2H3,(H,20,23)(H,24,25). The third kappa shape index (κ3) is 3.80. The van der Waals surface area contributed by atoms with Gasteiger partial charge in [-0.25, -0.2) is 9.78 Å². The van der Waals surface area contributed by atoms with Crippen molar-refractivity contribution in [3.63, 3.8) is 0 Å². The van der Waals surface area contributed by atoms with Gasteiger partial charge >= 0.3 is 5.97 Å². The number of hydrogen-bond acceptors (Lipinski definition) is 5. The number of hydrogen-bond donors (Lipinski definition) is 2. The Bertz CT molecular complexity index is 969. The summed E-state index contributed by atoms with van der Waals surface area (Å²) in [7, 11) is 1.54. The SMILES string of the molecule is COc1ccc(C(=O)Nc2nc(SC)n(-c3ccccc3)c2C(=O)O)cc1. The van der Waals surface area contributed by atoms with Gasteiger partial charge in [0.2, 0.25) is 0 Å². The van der Waals surface area contributed by atoms with E-state index in [1.165, 1.54) is 23.4 Å². The first kappa shape index (κ1) is 18.5. The number of benzene rings is 2. The fraction of sp³-hybridized carbons (Fsp3) is 0.105. The van der Waals surface area contributed by atoms with Crippen LogP contribution in [0.3, 0.4) is 0 Å². The number of carbonyl (C=O) groups excluding carboxylic acids is 1. The zero-order chi connectivity index (χ0) is 19.4. The van der Waals surface area contributed by atoms with Gasteiger partial charge in [-0.05, 0) is 42.7 Å². The minimum atomic E-state index is -1.18. The summed E-state index contributed by atoms with van der Waals surface area (Å²) in [5, 5.41) is 12.8. The van der Waals surface area contributed by atoms with Crippen LogP contribution in [0.25, 0.3) is 5.69 Å². The van der Waals surface area contributed by atoms with E-state index in [-0.39, 0.29) is 11.5 Å². The monoisotopic (exact) mass is 383 g/mol. The van der Waals surface area contributed by atoms with Crippen LogP contribution in [0.1, 0.15) is 20.8 Å². The molecular formula is C19H17N3O4S. The Morgan fingerprint density at radius 1 is 1.11 bits per heavy atom. The van der Waals surface area contributed by atoms with Crippen molar-refractivity contribution < 1.29 is 19.4 Å². The van der Waals surface area contributed by atoms with Crippen molar-refractivity contribution in [3.05, 3.63) is 65.9 Å². The highest BCUT2D eigenvalue weighted by molar-refractivity contribution is 7.98. The van der Waals surface area contributed by atoms with Crippen molar-refractivity contribution in [1.29, 1.82) is 0 Å². The summed E-state index contributed by atoms with van der Waals surface area (Å²) in [6.45, 7) is 0. The number of ether oxygens (including phenoxy) is 1. The number of carbonyl (C=O) groups is 2. The molecule has 2 aromatic carbocycles. The molecule has 1 heterocycles. The van der Waals surface area contributed by atoms with Crippen LogP contribution in [-0.4, -0.2) is 39.9 Å². The van der Waals surface area contributed by atoms with Gasteiger partial charge in [-0.3, -0.25) is 9.36 Å². The zero-order valence-corrected chi connectivity index (χ0v) is 15.5. The predicted octanol–water partition coefficient (Wildman–Crippen LogP) is 3.55. The third-order valence-corrected chi connectivity index (χ3v) is 4.47. The Hall–Kier alpha value is -3.26. The molecule has 7 nitrogen and oxygen atoms in total. The first-order valence-corrected chi connectivity index (χ1v) is 9.18. The van der Waals surface area contributed by atoms with E-state index in [4.69, 9.17) is 4.74 Å². The van der Waals surface area contributed by atoms with Crippen molar-refractivity contribution in [2.45, 2.75) is 5.16 Å². The molecule has 0 unspecified atom stereocenters. The first-order chi connectivity index (χ1) is 13.0. The number of imidazole rings is 1. The van der Waals surface area contributed by atoms with Crippen molar-refractivity contribution in [2.75, 3.05) is 18.7 Å². The lowest BCUT2D eigenvalue weighted by atomic mass is 10.2. The molecule has 0 saturated carbocycles. The molecule has 2 N–H and O–H groups in total. The quantitative estimate of drug-likeness (QED) is 0.632. The third-order valence-electron chi connectivity index (χ3n) is 3.83. The number of anilines is 1. The minimum Gasteiger partial charge on any atom is -0.497 e. The van der Waals surface area contributed by atoms with Gasteiger partial charge in [-0.2, -0.15) is 0 Å². The highest BCUT2D eigenvalue weighted by Gasteiger charge is 2.25. The van der Waals surface area contributed by atoms with Crippen LogP contribution in [0, 0.1) is 0 Å². The minimum absolute atomic E-state index is 0.00322. The van der Waals surface area contributed by atoms with E-state index < -0.39 is 11.9 Å². The molecule has 1 amide bonds. The summed E-state index contributed by atoms with van der Waals surface area (Å²) in [6, 6.07) is 15.5. The van der Waals surface area contributed by atoms with Gasteiger partial charge in [-0.1, -0.05) is 30.0 Å². The second-order valence-electron chi connectivity index (χ2n) is 5.45. The summed E-state index contributed by atoms with van der Waals surface area (Å²) >= 11 is 1.29. The number of rotatable bonds is 6. The number of nitrogens with one attached hydrogen (secondary N) is 1. The van der Waals surface area contributed by atoms with E-state index in [0.29, 0.717) is 22.2 Å². The normalized spacial score (nSPS) is 10.4. The lowest BCUT2D eigenvalue weighted by Crippen LogP contribution is -2.16. The molecule has 0 atom stereocenters. The second-order valence-corrected chi connectivity index (χ2v) is 6.23. The molecule has 8 heteroatoms. The van der Waals surface area contributed by atoms with E-state index >= 15 is 0 Å². The van der Waals surface area contributed by atoms with E-state index in [1.54, 1.807) is 54.8 Å². The Morgan fingerprint density at radius 2 is 1.78 bits per heavy atom. The summed E-state index contributed by atoms with van der Waals surface area (Å²) in [6.07, 6.45) is 1.79. The lowest BCUT2D eigenvalue weighted by Gasteiger charge is -2.09. The largest absolute Gasteiger partial charge is 0.497 e. The molecule has 0 radical (unpaired) electrons. The van der Waals surface area contributed by atoms with Crippen LogP contribution in [0.5, 0.6) is 5.75 Å². The van der Waals surface area contributed by atoms with Crippen molar-refractivity contribution in [2.24, 2.45) is 0 Å². The Labute approximate surface area is 160 Å². The molecular weight excluding hydrogens is 366 g/mol. The molecule has 27 heavy (non-hydrogen) atoms. The molecule has 0 aliphatic heterocycles. The number of para-hydroxylation sites is 1. The van der Waals surface area contributed by atoms with E-state index in [2.05, 4.69) is 10.3 Å². The predicted molar refractivity (Wildman–Crippen MR) is 103 cm³/mol. The van der Waals surface area contributed by atoms with Crippen LogP contribution < -0.4 is 10.1 Å². The molecule has 0 bridgehead atoms. The van der Waals surface area contributed by atoms with Crippen molar-refractivity contribution in [1.82, 2.24) is 9.55 Å². The first-order valence-electron chi connectivity index (χ1n) is 7.96. The number of methoxy groups -OCH3 is 1. The highest BCUT2D eigenvalue weighted by atomic mass is 32.2. The smallest absolute Gasteiger partial charge is 0.356 e. The number of aromatic nitrogens is 2. The van der Waals surface area contributed by atoms with Gasteiger partial charge in [0, 0.05) is 11.3 Å². The van der Waals surface area contributed by atoms with E-state index in [9.17, 15) is 14.7 Å². The summed E-state index contributed by atoms with van der Waals surface area (Å²) < 4.78 is 6.58. The fourth-order valence-electron chi connectivity index (χ4n) is 2.56. The van der Waals surface area contributed by atoms with Gasteiger partial charge in [0.25, 0.3) is 5.91 Å². The van der Waals surface area contributed by atoms with Gasteiger partial charge in [0.1, 0.15) is 5.75 Å². The zero-order valence-electron chi connectivity index (χ0n) is 14.7. The molecule has 0 spiro atoms. The van der Waals surface area contributed by atoms with Gasteiger partial charge in [-0.15, -0.1) is 0 Å². The number of amides is 1. The fourth-order valence-corrected chi connectivity index (χ4v) is 3.12. The second kappa shape index (κ2) is 7.96. The van der Waals surface area contributed by atoms with Crippen LogP contribution in [-0.2, 0) is 0 Å². The van der Waals surface area contributed by atoms with Crippen LogP contribution in [0.2, 0.25) is 0 Å². The van der Waals surface area contributed by atoms with Crippen molar-refractivity contribution >= 4 is 29.5 Å². The molecule has 3 rings (SSSR count). The lowest BCUT2D eigenvalue weighted by molar-refractivity contribution is 0.0688. The maximum absolute atomic E-state index is 12.5. The Balaban J connectivity index is 2.01. The number of carboxylic acids is 1. The number of aromatic carboxylic acids is 1. The molecule has 0 saturated heterocycles. The summed E-state index contributed by atoms with van der Waals surface area (Å²) in [4.78, 5) is 28.8. The highest BCUT2D eigenvalue weighted by Crippen LogP contribution is 2.28.